The smallest absolute Gasteiger partial charge is 0.0924 e. The van der Waals surface area contributed by atoms with Gasteiger partial charge in [-0.1, -0.05) is 81.2 Å². The van der Waals surface area contributed by atoms with Crippen molar-refractivity contribution in [3.8, 4) is 0 Å². The molecular weight excluding hydrogens is 280 g/mol. The number of ether oxygens (including phenoxy) is 1. The molecule has 1 heteroatoms. The number of benzene rings is 1. The number of hydrogen-bond acceptors (Lipinski definition) is 1. The van der Waals surface area contributed by atoms with Crippen LogP contribution in [0.2, 0.25) is 0 Å². The van der Waals surface area contributed by atoms with Gasteiger partial charge in [0.2, 0.25) is 0 Å². The van der Waals surface area contributed by atoms with Crippen LogP contribution in [0.15, 0.2) is 48.6 Å². The van der Waals surface area contributed by atoms with Crippen molar-refractivity contribution in [3.05, 3.63) is 54.1 Å². The first-order valence-corrected chi connectivity index (χ1v) is 9.27. The summed E-state index contributed by atoms with van der Waals surface area (Å²) in [7, 11) is 1.89. The lowest BCUT2D eigenvalue weighted by atomic mass is 9.69. The quantitative estimate of drug-likeness (QED) is 0.646. The topological polar surface area (TPSA) is 9.23 Å². The Morgan fingerprint density at radius 3 is 2.39 bits per heavy atom. The molecule has 0 amide bonds. The second-order valence-electron chi connectivity index (χ2n) is 7.23. The van der Waals surface area contributed by atoms with Gasteiger partial charge in [-0.25, -0.2) is 0 Å². The maximum absolute atomic E-state index is 6.07. The molecule has 0 aromatic heterocycles. The van der Waals surface area contributed by atoms with Crippen molar-refractivity contribution < 1.29 is 4.74 Å². The second kappa shape index (κ2) is 7.49. The van der Waals surface area contributed by atoms with Crippen molar-refractivity contribution in [2.24, 2.45) is 11.8 Å². The maximum atomic E-state index is 6.07. The van der Waals surface area contributed by atoms with Gasteiger partial charge in [0.1, 0.15) is 0 Å². The molecule has 3 rings (SSSR count). The summed E-state index contributed by atoms with van der Waals surface area (Å²) in [6, 6.07) is 10.7. The van der Waals surface area contributed by atoms with Crippen molar-refractivity contribution in [3.63, 3.8) is 0 Å². The Kier molecular flexibility index (Phi) is 5.38. The molecule has 1 saturated carbocycles. The van der Waals surface area contributed by atoms with Gasteiger partial charge in [-0.3, -0.25) is 0 Å². The summed E-state index contributed by atoms with van der Waals surface area (Å²) < 4.78 is 6.07. The molecule has 2 aliphatic rings. The summed E-state index contributed by atoms with van der Waals surface area (Å²) in [6.45, 7) is 2.31. The minimum atomic E-state index is -0.0739. The van der Waals surface area contributed by atoms with Gasteiger partial charge in [0, 0.05) is 7.11 Å². The van der Waals surface area contributed by atoms with Crippen LogP contribution in [0.5, 0.6) is 0 Å². The largest absolute Gasteiger partial charge is 0.374 e. The molecule has 0 spiro atoms. The molecule has 0 aliphatic heterocycles. The van der Waals surface area contributed by atoms with E-state index in [1.807, 2.05) is 7.11 Å². The standard InChI is InChI=1S/C22H30O/c1-3-7-18-10-12-21(13-11-18)22(23-2)16-14-20(15-17-22)19-8-5-4-6-9-19/h4-6,8-9,14-16,18,21H,3,7,10-13,17H2,1-2H3. The van der Waals surface area contributed by atoms with Gasteiger partial charge in [0.05, 0.1) is 5.60 Å². The summed E-state index contributed by atoms with van der Waals surface area (Å²) in [5, 5.41) is 0. The first-order valence-electron chi connectivity index (χ1n) is 9.27. The van der Waals surface area contributed by atoms with E-state index >= 15 is 0 Å². The Hall–Kier alpha value is -1.34. The van der Waals surface area contributed by atoms with Gasteiger partial charge >= 0.3 is 0 Å². The van der Waals surface area contributed by atoms with Crippen LogP contribution in [0, 0.1) is 11.8 Å². The van der Waals surface area contributed by atoms with E-state index in [1.54, 1.807) is 0 Å². The Labute approximate surface area is 141 Å². The zero-order valence-electron chi connectivity index (χ0n) is 14.6. The summed E-state index contributed by atoms with van der Waals surface area (Å²) in [5.74, 6) is 1.62. The van der Waals surface area contributed by atoms with Gasteiger partial charge in [0.15, 0.2) is 0 Å². The van der Waals surface area contributed by atoms with Crippen molar-refractivity contribution >= 4 is 5.57 Å². The summed E-state index contributed by atoms with van der Waals surface area (Å²) in [6.07, 6.45) is 16.1. The van der Waals surface area contributed by atoms with Crippen LogP contribution in [-0.4, -0.2) is 12.7 Å². The molecular formula is C22H30O. The number of allylic oxidation sites excluding steroid dienone is 2. The Morgan fingerprint density at radius 2 is 1.83 bits per heavy atom. The van der Waals surface area contributed by atoms with Crippen molar-refractivity contribution in [2.75, 3.05) is 7.11 Å². The third-order valence-corrected chi connectivity index (χ3v) is 5.91. The summed E-state index contributed by atoms with van der Waals surface area (Å²) in [5.41, 5.74) is 2.56. The Morgan fingerprint density at radius 1 is 1.09 bits per heavy atom. The molecule has 2 aliphatic carbocycles. The van der Waals surface area contributed by atoms with Crippen LogP contribution in [0.25, 0.3) is 5.57 Å². The average molecular weight is 310 g/mol. The predicted octanol–water partition coefficient (Wildman–Crippen LogP) is 6.02. The van der Waals surface area contributed by atoms with E-state index in [1.165, 1.54) is 49.7 Å². The molecule has 23 heavy (non-hydrogen) atoms. The van der Waals surface area contributed by atoms with Gasteiger partial charge in [-0.05, 0) is 42.2 Å². The molecule has 1 atom stereocenters. The fourth-order valence-electron chi connectivity index (χ4n) is 4.45. The van der Waals surface area contributed by atoms with Gasteiger partial charge in [-0.2, -0.15) is 0 Å². The lowest BCUT2D eigenvalue weighted by molar-refractivity contribution is -0.0341. The molecule has 1 aromatic rings. The third-order valence-electron chi connectivity index (χ3n) is 5.91. The van der Waals surface area contributed by atoms with E-state index in [4.69, 9.17) is 4.74 Å². The minimum absolute atomic E-state index is 0.0739. The predicted molar refractivity (Wildman–Crippen MR) is 98.3 cm³/mol. The van der Waals surface area contributed by atoms with E-state index in [0.29, 0.717) is 5.92 Å². The number of hydrogen-bond donors (Lipinski definition) is 0. The number of methoxy groups -OCH3 is 1. The van der Waals surface area contributed by atoms with E-state index in [2.05, 4.69) is 55.5 Å². The fourth-order valence-corrected chi connectivity index (χ4v) is 4.45. The van der Waals surface area contributed by atoms with Crippen LogP contribution < -0.4 is 0 Å². The zero-order chi connectivity index (χ0) is 16.1. The van der Waals surface area contributed by atoms with Crippen LogP contribution in [0.4, 0.5) is 0 Å². The SMILES string of the molecule is CCCC1CCC(C2(OC)C=CC(c3ccccc3)=CC2)CC1. The molecule has 1 nitrogen and oxygen atoms in total. The minimum Gasteiger partial charge on any atom is -0.374 e. The Balaban J connectivity index is 1.68. The highest BCUT2D eigenvalue weighted by molar-refractivity contribution is 5.75. The van der Waals surface area contributed by atoms with E-state index in [0.717, 1.165) is 12.3 Å². The molecule has 1 unspecified atom stereocenters. The Bertz CT molecular complexity index is 549. The second-order valence-corrected chi connectivity index (χ2v) is 7.23. The first-order chi connectivity index (χ1) is 11.3. The molecule has 0 heterocycles. The monoisotopic (exact) mass is 310 g/mol. The van der Waals surface area contributed by atoms with Crippen molar-refractivity contribution in [2.45, 2.75) is 57.5 Å². The highest BCUT2D eigenvalue weighted by Crippen LogP contribution is 2.43. The summed E-state index contributed by atoms with van der Waals surface area (Å²) in [4.78, 5) is 0. The van der Waals surface area contributed by atoms with Gasteiger partial charge in [0.25, 0.3) is 0 Å². The zero-order valence-corrected chi connectivity index (χ0v) is 14.6. The average Bonchev–Trinajstić information content (AvgIpc) is 2.63. The van der Waals surface area contributed by atoms with Crippen LogP contribution >= 0.6 is 0 Å². The normalized spacial score (nSPS) is 31.0. The molecule has 1 aromatic carbocycles. The first kappa shape index (κ1) is 16.5. The molecule has 1 fully saturated rings. The van der Waals surface area contributed by atoms with E-state index in [-0.39, 0.29) is 5.60 Å². The molecule has 0 N–H and O–H groups in total. The molecule has 124 valence electrons. The molecule has 0 saturated heterocycles. The van der Waals surface area contributed by atoms with Crippen LogP contribution in [0.3, 0.4) is 0 Å². The van der Waals surface area contributed by atoms with Crippen LogP contribution in [-0.2, 0) is 4.74 Å². The lowest BCUT2D eigenvalue weighted by Crippen LogP contribution is -2.40. The number of rotatable bonds is 5. The van der Waals surface area contributed by atoms with Gasteiger partial charge in [-0.15, -0.1) is 0 Å². The van der Waals surface area contributed by atoms with E-state index < -0.39 is 0 Å². The van der Waals surface area contributed by atoms with E-state index in [9.17, 15) is 0 Å². The fraction of sp³-hybridized carbons (Fsp3) is 0.545. The van der Waals surface area contributed by atoms with Crippen molar-refractivity contribution in [1.82, 2.24) is 0 Å². The highest BCUT2D eigenvalue weighted by atomic mass is 16.5. The van der Waals surface area contributed by atoms with Gasteiger partial charge < -0.3 is 4.74 Å². The van der Waals surface area contributed by atoms with Crippen LogP contribution in [0.1, 0.15) is 57.4 Å². The maximum Gasteiger partial charge on any atom is 0.0924 e. The van der Waals surface area contributed by atoms with Crippen molar-refractivity contribution in [1.29, 1.82) is 0 Å². The highest BCUT2D eigenvalue weighted by Gasteiger charge is 2.39. The third kappa shape index (κ3) is 3.61. The summed E-state index contributed by atoms with van der Waals surface area (Å²) >= 11 is 0. The molecule has 0 bridgehead atoms. The lowest BCUT2D eigenvalue weighted by Gasteiger charge is -2.42. The molecule has 0 radical (unpaired) electrons.